The summed E-state index contributed by atoms with van der Waals surface area (Å²) in [5, 5.41) is 6.76. The van der Waals surface area contributed by atoms with E-state index < -0.39 is 0 Å². The molecular formula is C15H20N4S. The van der Waals surface area contributed by atoms with Gasteiger partial charge in [-0.25, -0.2) is 4.98 Å². The van der Waals surface area contributed by atoms with Crippen LogP contribution < -0.4 is 10.6 Å². The fraction of sp³-hybridized carbons (Fsp3) is 0.333. The summed E-state index contributed by atoms with van der Waals surface area (Å²) in [6, 6.07) is 5.97. The highest BCUT2D eigenvalue weighted by atomic mass is 32.1. The summed E-state index contributed by atoms with van der Waals surface area (Å²) in [5.41, 5.74) is 2.91. The van der Waals surface area contributed by atoms with Gasteiger partial charge in [0.2, 0.25) is 0 Å². The van der Waals surface area contributed by atoms with Crippen LogP contribution in [0.2, 0.25) is 0 Å². The monoisotopic (exact) mass is 288 g/mol. The molecule has 0 unspecified atom stereocenters. The number of H-pyrrole nitrogens is 1. The summed E-state index contributed by atoms with van der Waals surface area (Å²) >= 11 is 5.19. The number of nitrogens with zero attached hydrogens (tertiary/aromatic N) is 1. The van der Waals surface area contributed by atoms with Gasteiger partial charge in [-0.1, -0.05) is 26.8 Å². The average Bonchev–Trinajstić information content (AvgIpc) is 2.79. The van der Waals surface area contributed by atoms with Crippen LogP contribution in [0.3, 0.4) is 0 Å². The molecule has 1 heterocycles. The highest BCUT2D eigenvalue weighted by Crippen LogP contribution is 2.24. The molecule has 1 aromatic carbocycles. The molecule has 0 aliphatic heterocycles. The first-order valence-electron chi connectivity index (χ1n) is 6.56. The van der Waals surface area contributed by atoms with Crippen molar-refractivity contribution < 1.29 is 0 Å². The number of hydrogen-bond acceptors (Lipinski definition) is 2. The van der Waals surface area contributed by atoms with Gasteiger partial charge in [0.15, 0.2) is 5.11 Å². The first-order valence-corrected chi connectivity index (χ1v) is 6.97. The van der Waals surface area contributed by atoms with E-state index in [-0.39, 0.29) is 5.41 Å². The lowest BCUT2D eigenvalue weighted by Crippen LogP contribution is -2.28. The SMILES string of the molecule is C=CCNC(=S)Nc1ccc2nc(C(C)(C)C)[nH]c2c1. The second-order valence-corrected chi connectivity index (χ2v) is 6.10. The Hall–Kier alpha value is -1.88. The highest BCUT2D eigenvalue weighted by Gasteiger charge is 2.18. The molecule has 0 atom stereocenters. The Morgan fingerprint density at radius 3 is 2.85 bits per heavy atom. The zero-order chi connectivity index (χ0) is 14.8. The Labute approximate surface area is 124 Å². The Balaban J connectivity index is 2.21. The molecule has 5 heteroatoms. The van der Waals surface area contributed by atoms with Gasteiger partial charge >= 0.3 is 0 Å². The zero-order valence-electron chi connectivity index (χ0n) is 12.1. The van der Waals surface area contributed by atoms with E-state index in [1.165, 1.54) is 0 Å². The van der Waals surface area contributed by atoms with Crippen LogP contribution in [0.1, 0.15) is 26.6 Å². The van der Waals surface area contributed by atoms with E-state index in [0.717, 1.165) is 22.5 Å². The van der Waals surface area contributed by atoms with Crippen molar-refractivity contribution in [2.75, 3.05) is 11.9 Å². The second kappa shape index (κ2) is 5.63. The van der Waals surface area contributed by atoms with Crippen molar-refractivity contribution in [1.29, 1.82) is 0 Å². The number of aromatic amines is 1. The number of fused-ring (bicyclic) bond motifs is 1. The van der Waals surface area contributed by atoms with Crippen molar-refractivity contribution in [2.24, 2.45) is 0 Å². The molecule has 2 rings (SSSR count). The molecule has 4 nitrogen and oxygen atoms in total. The number of rotatable bonds is 3. The zero-order valence-corrected chi connectivity index (χ0v) is 12.9. The number of thiocarbonyl (C=S) groups is 1. The van der Waals surface area contributed by atoms with Gasteiger partial charge in [-0.05, 0) is 30.4 Å². The van der Waals surface area contributed by atoms with Gasteiger partial charge in [-0.3, -0.25) is 0 Å². The molecule has 0 aliphatic rings. The van der Waals surface area contributed by atoms with Crippen molar-refractivity contribution in [2.45, 2.75) is 26.2 Å². The molecule has 1 aromatic heterocycles. The third-order valence-electron chi connectivity index (χ3n) is 2.86. The lowest BCUT2D eigenvalue weighted by Gasteiger charge is -2.13. The summed E-state index contributed by atoms with van der Waals surface area (Å²) in [5.74, 6) is 0.983. The molecule has 106 valence electrons. The minimum Gasteiger partial charge on any atom is -0.359 e. The van der Waals surface area contributed by atoms with Crippen molar-refractivity contribution >= 4 is 34.1 Å². The maximum Gasteiger partial charge on any atom is 0.171 e. The van der Waals surface area contributed by atoms with E-state index >= 15 is 0 Å². The predicted octanol–water partition coefficient (Wildman–Crippen LogP) is 3.33. The van der Waals surface area contributed by atoms with Crippen LogP contribution in [0.25, 0.3) is 11.0 Å². The number of imidazole rings is 1. The summed E-state index contributed by atoms with van der Waals surface area (Å²) in [6.07, 6.45) is 1.77. The lowest BCUT2D eigenvalue weighted by atomic mass is 9.96. The largest absolute Gasteiger partial charge is 0.359 e. The average molecular weight is 288 g/mol. The summed E-state index contributed by atoms with van der Waals surface area (Å²) in [6.45, 7) is 10.7. The molecule has 0 saturated carbocycles. The van der Waals surface area contributed by atoms with E-state index in [9.17, 15) is 0 Å². The van der Waals surface area contributed by atoms with Crippen LogP contribution in [0, 0.1) is 0 Å². The Morgan fingerprint density at radius 2 is 2.20 bits per heavy atom. The van der Waals surface area contributed by atoms with E-state index in [1.54, 1.807) is 6.08 Å². The second-order valence-electron chi connectivity index (χ2n) is 5.69. The minimum absolute atomic E-state index is 0.00737. The molecule has 0 fully saturated rings. The minimum atomic E-state index is 0.00737. The molecule has 0 spiro atoms. The van der Waals surface area contributed by atoms with Gasteiger partial charge in [-0.2, -0.15) is 0 Å². The maximum atomic E-state index is 5.19. The van der Waals surface area contributed by atoms with Crippen LogP contribution in [-0.4, -0.2) is 21.6 Å². The van der Waals surface area contributed by atoms with E-state index in [1.807, 2.05) is 18.2 Å². The van der Waals surface area contributed by atoms with Gasteiger partial charge in [0.1, 0.15) is 5.82 Å². The van der Waals surface area contributed by atoms with Gasteiger partial charge < -0.3 is 15.6 Å². The molecule has 20 heavy (non-hydrogen) atoms. The molecule has 3 N–H and O–H groups in total. The van der Waals surface area contributed by atoms with E-state index in [2.05, 4.69) is 48.0 Å². The topological polar surface area (TPSA) is 52.7 Å². The number of nitrogens with one attached hydrogen (secondary N) is 3. The summed E-state index contributed by atoms with van der Waals surface area (Å²) in [7, 11) is 0. The summed E-state index contributed by atoms with van der Waals surface area (Å²) < 4.78 is 0. The van der Waals surface area contributed by atoms with Crippen LogP contribution in [0.15, 0.2) is 30.9 Å². The summed E-state index contributed by atoms with van der Waals surface area (Å²) in [4.78, 5) is 7.97. The van der Waals surface area contributed by atoms with Crippen LogP contribution in [0.4, 0.5) is 5.69 Å². The predicted molar refractivity (Wildman–Crippen MR) is 89.2 cm³/mol. The lowest BCUT2D eigenvalue weighted by molar-refractivity contribution is 0.554. The van der Waals surface area contributed by atoms with E-state index in [0.29, 0.717) is 11.7 Å². The number of aromatic nitrogens is 2. The molecule has 0 radical (unpaired) electrons. The van der Waals surface area contributed by atoms with Crippen molar-refractivity contribution in [3.05, 3.63) is 36.7 Å². The first-order chi connectivity index (χ1) is 9.40. The van der Waals surface area contributed by atoms with E-state index in [4.69, 9.17) is 12.2 Å². The number of benzene rings is 1. The molecule has 0 amide bonds. The van der Waals surface area contributed by atoms with Crippen molar-refractivity contribution in [1.82, 2.24) is 15.3 Å². The maximum absolute atomic E-state index is 5.19. The van der Waals surface area contributed by atoms with Gasteiger partial charge in [0.05, 0.1) is 11.0 Å². The van der Waals surface area contributed by atoms with Crippen LogP contribution in [0.5, 0.6) is 0 Å². The molecule has 0 bridgehead atoms. The van der Waals surface area contributed by atoms with Gasteiger partial charge in [0.25, 0.3) is 0 Å². The molecule has 0 aliphatic carbocycles. The third-order valence-corrected chi connectivity index (χ3v) is 3.10. The Kier molecular flexibility index (Phi) is 4.09. The Bertz CT molecular complexity index is 637. The van der Waals surface area contributed by atoms with Crippen molar-refractivity contribution in [3.63, 3.8) is 0 Å². The van der Waals surface area contributed by atoms with Crippen molar-refractivity contribution in [3.8, 4) is 0 Å². The number of anilines is 1. The fourth-order valence-electron chi connectivity index (χ4n) is 1.78. The van der Waals surface area contributed by atoms with Crippen LogP contribution >= 0.6 is 12.2 Å². The number of hydrogen-bond donors (Lipinski definition) is 3. The fourth-order valence-corrected chi connectivity index (χ4v) is 1.98. The third kappa shape index (κ3) is 3.36. The van der Waals surface area contributed by atoms with Crippen LogP contribution in [-0.2, 0) is 5.41 Å². The molecule has 0 saturated heterocycles. The quantitative estimate of drug-likeness (QED) is 0.599. The first kappa shape index (κ1) is 14.5. The van der Waals surface area contributed by atoms with Gasteiger partial charge in [0, 0.05) is 17.6 Å². The molecular weight excluding hydrogens is 268 g/mol. The molecule has 2 aromatic rings. The highest BCUT2D eigenvalue weighted by molar-refractivity contribution is 7.80. The normalized spacial score (nSPS) is 11.3. The van der Waals surface area contributed by atoms with Gasteiger partial charge in [-0.15, -0.1) is 6.58 Å². The standard InChI is InChI=1S/C15H20N4S/c1-5-8-16-14(20)17-10-6-7-11-12(9-10)19-13(18-11)15(2,3)4/h5-7,9H,1,8H2,2-4H3,(H,18,19)(H2,16,17,20). The smallest absolute Gasteiger partial charge is 0.171 e. The Morgan fingerprint density at radius 1 is 1.45 bits per heavy atom.